The van der Waals surface area contributed by atoms with E-state index in [-0.39, 0.29) is 0 Å². The van der Waals surface area contributed by atoms with Crippen molar-refractivity contribution >= 4 is 61.8 Å². The van der Waals surface area contributed by atoms with Gasteiger partial charge in [-0.25, -0.2) is 4.98 Å². The fourth-order valence-electron chi connectivity index (χ4n) is 1.70. The molecule has 1 N–H and O–H groups in total. The van der Waals surface area contributed by atoms with Gasteiger partial charge in [0.1, 0.15) is 5.52 Å². The third-order valence-electron chi connectivity index (χ3n) is 2.52. The van der Waals surface area contributed by atoms with E-state index in [1.165, 1.54) is 4.88 Å². The van der Waals surface area contributed by atoms with E-state index in [9.17, 15) is 0 Å². The van der Waals surface area contributed by atoms with Crippen molar-refractivity contribution in [2.24, 2.45) is 0 Å². The summed E-state index contributed by atoms with van der Waals surface area (Å²) in [6, 6.07) is 7.79. The monoisotopic (exact) mass is 314 g/mol. The molecular weight excluding hydrogens is 307 g/mol. The first-order valence-corrected chi connectivity index (χ1v) is 7.69. The smallest absolute Gasteiger partial charge is 0.106 e. The summed E-state index contributed by atoms with van der Waals surface area (Å²) in [5.41, 5.74) is 3.64. The summed E-state index contributed by atoms with van der Waals surface area (Å²) in [7, 11) is 0. The summed E-state index contributed by atoms with van der Waals surface area (Å²) in [5.74, 6) is 0. The van der Waals surface area contributed by atoms with E-state index in [1.807, 2.05) is 29.8 Å². The number of nitrogens with zero attached hydrogens (tertiary/aromatic N) is 1. The Morgan fingerprint density at radius 3 is 2.83 bits per heavy atom. The minimum Gasteiger partial charge on any atom is -0.377 e. The van der Waals surface area contributed by atoms with E-state index >= 15 is 0 Å². The Hall–Kier alpha value is -0.810. The van der Waals surface area contributed by atoms with Gasteiger partial charge in [0.15, 0.2) is 0 Å². The lowest BCUT2D eigenvalue weighted by atomic mass is 10.3. The first kappa shape index (κ1) is 12.2. The van der Waals surface area contributed by atoms with Crippen LogP contribution in [0.15, 0.2) is 29.8 Å². The third-order valence-corrected chi connectivity index (χ3v) is 4.86. The van der Waals surface area contributed by atoms with Crippen LogP contribution in [-0.2, 0) is 6.54 Å². The van der Waals surface area contributed by atoms with Crippen molar-refractivity contribution in [2.45, 2.75) is 6.54 Å². The van der Waals surface area contributed by atoms with E-state index in [1.54, 1.807) is 22.7 Å². The van der Waals surface area contributed by atoms with E-state index in [0.717, 1.165) is 20.2 Å². The Kier molecular flexibility index (Phi) is 3.43. The van der Waals surface area contributed by atoms with Gasteiger partial charge in [0, 0.05) is 11.4 Å². The first-order chi connectivity index (χ1) is 8.74. The zero-order chi connectivity index (χ0) is 12.5. The maximum atomic E-state index is 6.21. The quantitative estimate of drug-likeness (QED) is 0.711. The summed E-state index contributed by atoms with van der Waals surface area (Å²) < 4.78 is 1.93. The number of thiazole rings is 1. The molecule has 0 aliphatic carbocycles. The standard InChI is InChI=1S/C12H8Cl2N2S2/c13-8-2-3-9-12(16-6-17-9)11(8)15-5-7-1-4-10(14)18-7/h1-4,6,15H,5H2. The van der Waals surface area contributed by atoms with Crippen LogP contribution in [0.1, 0.15) is 4.88 Å². The summed E-state index contributed by atoms with van der Waals surface area (Å²) in [6.45, 7) is 0.702. The molecule has 0 radical (unpaired) electrons. The largest absolute Gasteiger partial charge is 0.377 e. The highest BCUT2D eigenvalue weighted by atomic mass is 35.5. The molecule has 0 fully saturated rings. The first-order valence-electron chi connectivity index (χ1n) is 5.24. The van der Waals surface area contributed by atoms with Gasteiger partial charge in [-0.05, 0) is 24.3 Å². The molecule has 3 aromatic rings. The highest BCUT2D eigenvalue weighted by molar-refractivity contribution is 7.17. The molecule has 0 saturated carbocycles. The van der Waals surface area contributed by atoms with Crippen molar-refractivity contribution in [1.82, 2.24) is 4.98 Å². The van der Waals surface area contributed by atoms with Crippen molar-refractivity contribution in [1.29, 1.82) is 0 Å². The van der Waals surface area contributed by atoms with Gasteiger partial charge < -0.3 is 5.32 Å². The Bertz CT molecular complexity index is 690. The van der Waals surface area contributed by atoms with Crippen LogP contribution in [0, 0.1) is 0 Å². The Morgan fingerprint density at radius 2 is 2.06 bits per heavy atom. The molecular formula is C12H8Cl2N2S2. The molecule has 0 bridgehead atoms. The number of nitrogens with one attached hydrogen (secondary N) is 1. The predicted octanol–water partition coefficient (Wildman–Crippen LogP) is 5.28. The number of fused-ring (bicyclic) bond motifs is 1. The van der Waals surface area contributed by atoms with Gasteiger partial charge in [-0.15, -0.1) is 22.7 Å². The fourth-order valence-corrected chi connectivity index (χ4v) is 3.63. The topological polar surface area (TPSA) is 24.9 Å². The van der Waals surface area contributed by atoms with Gasteiger partial charge in [0.05, 0.1) is 25.3 Å². The number of hydrogen-bond acceptors (Lipinski definition) is 4. The molecule has 0 spiro atoms. The molecule has 0 aliphatic rings. The molecule has 6 heteroatoms. The van der Waals surface area contributed by atoms with Gasteiger partial charge in [-0.2, -0.15) is 0 Å². The van der Waals surface area contributed by atoms with E-state index < -0.39 is 0 Å². The number of anilines is 1. The molecule has 2 aromatic heterocycles. The zero-order valence-electron chi connectivity index (χ0n) is 9.11. The van der Waals surface area contributed by atoms with Crippen LogP contribution >= 0.6 is 45.9 Å². The lowest BCUT2D eigenvalue weighted by molar-refractivity contribution is 1.20. The van der Waals surface area contributed by atoms with Gasteiger partial charge in [0.2, 0.25) is 0 Å². The van der Waals surface area contributed by atoms with Crippen LogP contribution in [0.3, 0.4) is 0 Å². The SMILES string of the molecule is Clc1ccc(CNc2c(Cl)ccc3scnc23)s1. The normalized spacial score (nSPS) is 11.0. The summed E-state index contributed by atoms with van der Waals surface area (Å²) in [4.78, 5) is 5.52. The number of benzene rings is 1. The number of halogens is 2. The predicted molar refractivity (Wildman–Crippen MR) is 81.3 cm³/mol. The lowest BCUT2D eigenvalue weighted by Crippen LogP contribution is -1.98. The Balaban J connectivity index is 1.89. The van der Waals surface area contributed by atoms with Crippen molar-refractivity contribution in [3.63, 3.8) is 0 Å². The highest BCUT2D eigenvalue weighted by Gasteiger charge is 2.08. The molecule has 2 nitrogen and oxygen atoms in total. The average Bonchev–Trinajstić information content (AvgIpc) is 2.96. The van der Waals surface area contributed by atoms with E-state index in [2.05, 4.69) is 10.3 Å². The van der Waals surface area contributed by atoms with E-state index in [4.69, 9.17) is 23.2 Å². The molecule has 0 saturated heterocycles. The molecule has 1 aromatic carbocycles. The second-order valence-corrected chi connectivity index (χ2v) is 6.77. The molecule has 2 heterocycles. The third kappa shape index (κ3) is 2.34. The van der Waals surface area contributed by atoms with Crippen LogP contribution < -0.4 is 5.32 Å². The minimum atomic E-state index is 0.691. The zero-order valence-corrected chi connectivity index (χ0v) is 12.3. The second kappa shape index (κ2) is 5.05. The maximum absolute atomic E-state index is 6.21. The summed E-state index contributed by atoms with van der Waals surface area (Å²) in [5, 5.41) is 4.03. The number of rotatable bonds is 3. The number of thiophene rings is 1. The van der Waals surface area contributed by atoms with Gasteiger partial charge >= 0.3 is 0 Å². The van der Waals surface area contributed by atoms with Crippen molar-refractivity contribution < 1.29 is 0 Å². The molecule has 0 amide bonds. The highest BCUT2D eigenvalue weighted by Crippen LogP contribution is 2.33. The molecule has 3 rings (SSSR count). The lowest BCUT2D eigenvalue weighted by Gasteiger charge is -2.07. The summed E-state index contributed by atoms with van der Waals surface area (Å²) in [6.07, 6.45) is 0. The second-order valence-electron chi connectivity index (χ2n) is 3.68. The van der Waals surface area contributed by atoms with Crippen LogP contribution in [0.2, 0.25) is 9.36 Å². The van der Waals surface area contributed by atoms with Gasteiger partial charge in [0.25, 0.3) is 0 Å². The number of hydrogen-bond donors (Lipinski definition) is 1. The van der Waals surface area contributed by atoms with Crippen LogP contribution in [-0.4, -0.2) is 4.98 Å². The van der Waals surface area contributed by atoms with Crippen LogP contribution in [0.5, 0.6) is 0 Å². The maximum Gasteiger partial charge on any atom is 0.106 e. The van der Waals surface area contributed by atoms with E-state index in [0.29, 0.717) is 11.6 Å². The fraction of sp³-hybridized carbons (Fsp3) is 0.0833. The Morgan fingerprint density at radius 1 is 1.17 bits per heavy atom. The van der Waals surface area contributed by atoms with Gasteiger partial charge in [-0.1, -0.05) is 23.2 Å². The number of aromatic nitrogens is 1. The van der Waals surface area contributed by atoms with Crippen molar-refractivity contribution in [3.8, 4) is 0 Å². The van der Waals surface area contributed by atoms with Crippen LogP contribution in [0.25, 0.3) is 10.2 Å². The minimum absolute atomic E-state index is 0.691. The molecule has 92 valence electrons. The van der Waals surface area contributed by atoms with Gasteiger partial charge in [-0.3, -0.25) is 0 Å². The molecule has 0 unspecified atom stereocenters. The van der Waals surface area contributed by atoms with Crippen molar-refractivity contribution in [3.05, 3.63) is 44.0 Å². The Labute approximate surface area is 122 Å². The molecule has 0 atom stereocenters. The van der Waals surface area contributed by atoms with Crippen LogP contribution in [0.4, 0.5) is 5.69 Å². The molecule has 18 heavy (non-hydrogen) atoms. The molecule has 0 aliphatic heterocycles. The average molecular weight is 315 g/mol. The van der Waals surface area contributed by atoms with Crippen molar-refractivity contribution in [2.75, 3.05) is 5.32 Å². The summed E-state index contributed by atoms with van der Waals surface area (Å²) >= 11 is 15.3.